The summed E-state index contributed by atoms with van der Waals surface area (Å²) >= 11 is 0. The Kier molecular flexibility index (Phi) is 5.47. The second-order valence-electron chi connectivity index (χ2n) is 7.35. The molecule has 2 heterocycles. The Morgan fingerprint density at radius 2 is 1.80 bits per heavy atom. The summed E-state index contributed by atoms with van der Waals surface area (Å²) in [6.07, 6.45) is 1.60. The van der Waals surface area contributed by atoms with Crippen LogP contribution in [0.25, 0.3) is 0 Å². The highest BCUT2D eigenvalue weighted by molar-refractivity contribution is 5.90. The van der Waals surface area contributed by atoms with Crippen LogP contribution < -0.4 is 20.3 Å². The molecule has 2 N–H and O–H groups in total. The molecule has 0 saturated carbocycles. The third-order valence-corrected chi connectivity index (χ3v) is 4.90. The Morgan fingerprint density at radius 1 is 1.07 bits per heavy atom. The van der Waals surface area contributed by atoms with Crippen molar-refractivity contribution in [3.8, 4) is 5.75 Å². The third kappa shape index (κ3) is 4.48. The Hall–Kier alpha value is -3.68. The molecule has 154 valence electrons. The average Bonchev–Trinajstić information content (AvgIpc) is 2.69. The molecule has 30 heavy (non-hydrogen) atoms. The van der Waals surface area contributed by atoms with Crippen molar-refractivity contribution in [2.24, 2.45) is 0 Å². The molecule has 1 aromatic heterocycles. The van der Waals surface area contributed by atoms with Crippen LogP contribution in [-0.2, 0) is 4.79 Å². The Balaban J connectivity index is 1.39. The van der Waals surface area contributed by atoms with Gasteiger partial charge in [0, 0.05) is 18.3 Å². The number of nitrogens with one attached hydrogen (secondary N) is 2. The van der Waals surface area contributed by atoms with E-state index in [0.29, 0.717) is 25.0 Å². The lowest BCUT2D eigenvalue weighted by molar-refractivity contribution is -0.114. The Bertz CT molecular complexity index is 1050. The van der Waals surface area contributed by atoms with E-state index in [1.807, 2.05) is 54.3 Å². The number of hydrogen-bond donors (Lipinski definition) is 2. The zero-order valence-corrected chi connectivity index (χ0v) is 17.2. The number of hydrogen-bond acceptors (Lipinski definition) is 7. The number of nitrogens with zero attached hydrogens (tertiary/aromatic N) is 4. The fourth-order valence-electron chi connectivity index (χ4n) is 3.20. The molecular weight excluding hydrogens is 380 g/mol. The quantitative estimate of drug-likeness (QED) is 0.650. The topological polar surface area (TPSA) is 92.3 Å². The minimum Gasteiger partial charge on any atom is -0.487 e. The molecule has 0 aliphatic carbocycles. The van der Waals surface area contributed by atoms with Gasteiger partial charge in [0.2, 0.25) is 17.8 Å². The van der Waals surface area contributed by atoms with Gasteiger partial charge in [-0.3, -0.25) is 4.79 Å². The van der Waals surface area contributed by atoms with Gasteiger partial charge in [-0.25, -0.2) is 9.97 Å². The fourth-order valence-corrected chi connectivity index (χ4v) is 3.20. The third-order valence-electron chi connectivity index (χ3n) is 4.90. The summed E-state index contributed by atoms with van der Waals surface area (Å²) in [6.45, 7) is 6.90. The molecule has 1 amide bonds. The lowest BCUT2D eigenvalue weighted by Gasteiger charge is -2.38. The van der Waals surface area contributed by atoms with E-state index < -0.39 is 0 Å². The van der Waals surface area contributed by atoms with E-state index in [-0.39, 0.29) is 12.0 Å². The van der Waals surface area contributed by atoms with Crippen LogP contribution in [0.1, 0.15) is 18.1 Å². The minimum atomic E-state index is -0.113. The first-order chi connectivity index (χ1) is 14.5. The van der Waals surface area contributed by atoms with Crippen LogP contribution in [0.4, 0.5) is 23.3 Å². The van der Waals surface area contributed by atoms with Crippen LogP contribution in [0.5, 0.6) is 5.75 Å². The number of amides is 1. The molecular formula is C22H24N6O2. The molecule has 1 aliphatic heterocycles. The molecule has 0 spiro atoms. The smallest absolute Gasteiger partial charge is 0.232 e. The number of rotatable bonds is 6. The van der Waals surface area contributed by atoms with Crippen molar-refractivity contribution >= 4 is 29.2 Å². The van der Waals surface area contributed by atoms with Crippen molar-refractivity contribution in [1.29, 1.82) is 0 Å². The SMILES string of the molecule is CC(=O)Nc1cccc(Nc2ncnc(N3CC(Oc4ccc(C)cc4)C3)n2)c1C. The van der Waals surface area contributed by atoms with Gasteiger partial charge in [0.1, 0.15) is 18.2 Å². The van der Waals surface area contributed by atoms with Gasteiger partial charge in [0.05, 0.1) is 13.1 Å². The van der Waals surface area contributed by atoms with Crippen LogP contribution >= 0.6 is 0 Å². The second kappa shape index (κ2) is 8.36. The molecule has 0 radical (unpaired) electrons. The Morgan fingerprint density at radius 3 is 2.53 bits per heavy atom. The minimum absolute atomic E-state index is 0.109. The summed E-state index contributed by atoms with van der Waals surface area (Å²) in [4.78, 5) is 26.5. The first kappa shape index (κ1) is 19.6. The Labute approximate surface area is 175 Å². The van der Waals surface area contributed by atoms with Gasteiger partial charge < -0.3 is 20.3 Å². The summed E-state index contributed by atoms with van der Waals surface area (Å²) in [7, 11) is 0. The zero-order chi connectivity index (χ0) is 21.1. The molecule has 3 aromatic rings. The van der Waals surface area contributed by atoms with Gasteiger partial charge in [-0.2, -0.15) is 4.98 Å². The lowest BCUT2D eigenvalue weighted by atomic mass is 10.1. The summed E-state index contributed by atoms with van der Waals surface area (Å²) in [5.74, 6) is 1.81. The molecule has 8 heteroatoms. The number of benzene rings is 2. The van der Waals surface area contributed by atoms with Crippen molar-refractivity contribution in [3.63, 3.8) is 0 Å². The van der Waals surface area contributed by atoms with Crippen molar-refractivity contribution in [1.82, 2.24) is 15.0 Å². The van der Waals surface area contributed by atoms with Gasteiger partial charge in [0.15, 0.2) is 0 Å². The molecule has 1 saturated heterocycles. The van der Waals surface area contributed by atoms with Crippen molar-refractivity contribution in [2.75, 3.05) is 28.6 Å². The largest absolute Gasteiger partial charge is 0.487 e. The first-order valence-corrected chi connectivity index (χ1v) is 9.79. The van der Waals surface area contributed by atoms with E-state index >= 15 is 0 Å². The highest BCUT2D eigenvalue weighted by atomic mass is 16.5. The number of carbonyl (C=O) groups is 1. The molecule has 0 bridgehead atoms. The monoisotopic (exact) mass is 404 g/mol. The number of ether oxygens (including phenoxy) is 1. The van der Waals surface area contributed by atoms with Crippen LogP contribution in [0.15, 0.2) is 48.8 Å². The van der Waals surface area contributed by atoms with Crippen molar-refractivity contribution in [2.45, 2.75) is 26.9 Å². The fraction of sp³-hybridized carbons (Fsp3) is 0.273. The van der Waals surface area contributed by atoms with Gasteiger partial charge in [0.25, 0.3) is 0 Å². The number of anilines is 4. The first-order valence-electron chi connectivity index (χ1n) is 9.79. The maximum absolute atomic E-state index is 11.4. The molecule has 1 fully saturated rings. The number of carbonyl (C=O) groups excluding carboxylic acids is 1. The molecule has 4 rings (SSSR count). The van der Waals surface area contributed by atoms with Crippen LogP contribution in [-0.4, -0.2) is 40.1 Å². The predicted molar refractivity (Wildman–Crippen MR) is 116 cm³/mol. The van der Waals surface area contributed by atoms with Gasteiger partial charge in [-0.05, 0) is 43.7 Å². The molecule has 2 aromatic carbocycles. The predicted octanol–water partition coefficient (Wildman–Crippen LogP) is 3.46. The highest BCUT2D eigenvalue weighted by Crippen LogP contribution is 2.26. The van der Waals surface area contributed by atoms with E-state index in [0.717, 1.165) is 22.7 Å². The number of aromatic nitrogens is 3. The number of aryl methyl sites for hydroxylation is 1. The van der Waals surface area contributed by atoms with E-state index in [2.05, 4.69) is 32.5 Å². The van der Waals surface area contributed by atoms with Gasteiger partial charge >= 0.3 is 0 Å². The van der Waals surface area contributed by atoms with E-state index in [1.54, 1.807) is 0 Å². The van der Waals surface area contributed by atoms with Gasteiger partial charge in [-0.1, -0.05) is 23.8 Å². The standard InChI is InChI=1S/C22H24N6O2/c1-14-7-9-17(10-8-14)30-18-11-28(12-18)22-24-13-23-21(27-22)26-20-6-4-5-19(15(20)2)25-16(3)29/h4-10,13,18H,11-12H2,1-3H3,(H,25,29)(H,23,24,26,27). The van der Waals surface area contributed by atoms with E-state index in [1.165, 1.54) is 18.8 Å². The molecule has 0 unspecified atom stereocenters. The maximum Gasteiger partial charge on any atom is 0.232 e. The summed E-state index contributed by atoms with van der Waals surface area (Å²) < 4.78 is 5.98. The average molecular weight is 404 g/mol. The zero-order valence-electron chi connectivity index (χ0n) is 17.2. The highest BCUT2D eigenvalue weighted by Gasteiger charge is 2.30. The van der Waals surface area contributed by atoms with Gasteiger partial charge in [-0.15, -0.1) is 0 Å². The lowest BCUT2D eigenvalue weighted by Crippen LogP contribution is -2.54. The van der Waals surface area contributed by atoms with Crippen LogP contribution in [0.3, 0.4) is 0 Å². The summed E-state index contributed by atoms with van der Waals surface area (Å²) in [5, 5.41) is 6.03. The van der Waals surface area contributed by atoms with Crippen molar-refractivity contribution in [3.05, 3.63) is 59.9 Å². The van der Waals surface area contributed by atoms with Crippen molar-refractivity contribution < 1.29 is 9.53 Å². The second-order valence-corrected chi connectivity index (χ2v) is 7.35. The molecule has 8 nitrogen and oxygen atoms in total. The normalized spacial score (nSPS) is 13.5. The van der Waals surface area contributed by atoms with Crippen LogP contribution in [0, 0.1) is 13.8 Å². The van der Waals surface area contributed by atoms with E-state index in [4.69, 9.17) is 4.74 Å². The maximum atomic E-state index is 11.4. The summed E-state index contributed by atoms with van der Waals surface area (Å²) in [6, 6.07) is 13.7. The van der Waals surface area contributed by atoms with E-state index in [9.17, 15) is 4.79 Å². The summed E-state index contributed by atoms with van der Waals surface area (Å²) in [5.41, 5.74) is 3.69. The molecule has 0 atom stereocenters. The molecule has 1 aliphatic rings. The van der Waals surface area contributed by atoms with Crippen LogP contribution in [0.2, 0.25) is 0 Å².